The van der Waals surface area contributed by atoms with Crippen LogP contribution in [0.4, 0.5) is 0 Å². The smallest absolute Gasteiger partial charge is 0.329 e. The zero-order valence-corrected chi connectivity index (χ0v) is 25.9. The van der Waals surface area contributed by atoms with E-state index in [1.165, 1.54) is 0 Å². The number of carboxylic acid groups (broad SMARTS) is 1. The second kappa shape index (κ2) is 15.3. The van der Waals surface area contributed by atoms with E-state index in [0.717, 1.165) is 54.5 Å². The van der Waals surface area contributed by atoms with Gasteiger partial charge in [0.1, 0.15) is 17.0 Å². The minimum Gasteiger partial charge on any atom is -0.492 e. The van der Waals surface area contributed by atoms with Crippen LogP contribution in [0.5, 0.6) is 5.75 Å². The molecule has 0 bridgehead atoms. The van der Waals surface area contributed by atoms with Gasteiger partial charge in [0.2, 0.25) is 0 Å². The molecule has 1 saturated carbocycles. The van der Waals surface area contributed by atoms with Crippen molar-refractivity contribution in [3.63, 3.8) is 0 Å². The fourth-order valence-electron chi connectivity index (χ4n) is 5.24. The molecule has 0 atom stereocenters. The van der Waals surface area contributed by atoms with Gasteiger partial charge in [-0.05, 0) is 68.8 Å². The maximum Gasteiger partial charge on any atom is 0.329 e. The molecule has 0 spiro atoms. The van der Waals surface area contributed by atoms with Gasteiger partial charge in [0.15, 0.2) is 0 Å². The van der Waals surface area contributed by atoms with Gasteiger partial charge in [0.25, 0.3) is 5.91 Å². The zero-order chi connectivity index (χ0) is 29.4. The summed E-state index contributed by atoms with van der Waals surface area (Å²) in [5.74, 6) is -0.992. The normalized spacial score (nSPS) is 14.2. The molecule has 0 radical (unpaired) electrons. The molecular weight excluding hydrogens is 577 g/mol. The summed E-state index contributed by atoms with van der Waals surface area (Å²) in [5.41, 5.74) is 2.83. The second-order valence-corrected chi connectivity index (χ2v) is 11.1. The molecule has 42 heavy (non-hydrogen) atoms. The van der Waals surface area contributed by atoms with E-state index in [4.69, 9.17) is 26.1 Å². The second-order valence-electron chi connectivity index (χ2n) is 10.7. The lowest BCUT2D eigenvalue weighted by Gasteiger charge is -2.33. The highest BCUT2D eigenvalue weighted by molar-refractivity contribution is 6.32. The van der Waals surface area contributed by atoms with E-state index in [9.17, 15) is 14.7 Å². The van der Waals surface area contributed by atoms with E-state index in [1.54, 1.807) is 19.2 Å². The van der Waals surface area contributed by atoms with Crippen LogP contribution < -0.4 is 10.1 Å². The summed E-state index contributed by atoms with van der Waals surface area (Å²) in [5, 5.41) is 13.3. The van der Waals surface area contributed by atoms with Crippen LogP contribution in [0.15, 0.2) is 54.6 Å². The molecule has 1 aliphatic carbocycles. The molecule has 226 valence electrons. The van der Waals surface area contributed by atoms with E-state index in [2.05, 4.69) is 10.2 Å². The summed E-state index contributed by atoms with van der Waals surface area (Å²) in [6.45, 7) is 1.78. The van der Waals surface area contributed by atoms with Gasteiger partial charge in [-0.1, -0.05) is 61.2 Å². The Labute approximate surface area is 258 Å². The Morgan fingerprint density at radius 2 is 1.79 bits per heavy atom. The average Bonchev–Trinajstić information content (AvgIpc) is 2.96. The number of methoxy groups -OCH3 is 1. The molecule has 0 aliphatic heterocycles. The fraction of sp³-hybridized carbons (Fsp3) is 0.406. The topological polar surface area (TPSA) is 101 Å². The van der Waals surface area contributed by atoms with Crippen molar-refractivity contribution < 1.29 is 24.2 Å². The zero-order valence-electron chi connectivity index (χ0n) is 24.3. The van der Waals surface area contributed by atoms with E-state index in [-0.39, 0.29) is 18.1 Å². The summed E-state index contributed by atoms with van der Waals surface area (Å²) in [6.07, 6.45) is 4.09. The largest absolute Gasteiger partial charge is 0.492 e. The standard InChI is InChI=1S/C32H38ClN3O5.ClH/c1-36(2)18-9-19-41-28-20-22(12-14-26(28)33)29-25(24-11-6-5-10-23(24)21-40-3)13-15-27(34-29)30(37)35-32(31(38)39)16-7-4-8-17-32;/h5-6,10-15,20H,4,7-9,16-19,21H2,1-3H3,(H,35,37)(H,38,39);1H. The summed E-state index contributed by atoms with van der Waals surface area (Å²) in [4.78, 5) is 32.6. The molecule has 0 unspecified atom stereocenters. The minimum absolute atomic E-state index is 0. The van der Waals surface area contributed by atoms with Crippen LogP contribution >= 0.6 is 24.0 Å². The third-order valence-corrected chi connectivity index (χ3v) is 7.73. The molecular formula is C32H39Cl2N3O5. The van der Waals surface area contributed by atoms with Gasteiger partial charge in [-0.25, -0.2) is 9.78 Å². The number of halogens is 2. The van der Waals surface area contributed by atoms with E-state index in [0.29, 0.717) is 42.5 Å². The lowest BCUT2D eigenvalue weighted by Crippen LogP contribution is -2.55. The van der Waals surface area contributed by atoms with E-state index < -0.39 is 17.4 Å². The molecule has 2 N–H and O–H groups in total. The van der Waals surface area contributed by atoms with Crippen LogP contribution in [-0.4, -0.2) is 66.8 Å². The quantitative estimate of drug-likeness (QED) is 0.225. The number of carboxylic acids is 1. The molecule has 1 fully saturated rings. The van der Waals surface area contributed by atoms with E-state index in [1.807, 2.05) is 56.6 Å². The van der Waals surface area contributed by atoms with Crippen LogP contribution in [0.1, 0.15) is 54.6 Å². The van der Waals surface area contributed by atoms with Gasteiger partial charge in [0.05, 0.1) is 23.9 Å². The predicted octanol–water partition coefficient (Wildman–Crippen LogP) is 6.49. The Bertz CT molecular complexity index is 1380. The summed E-state index contributed by atoms with van der Waals surface area (Å²) >= 11 is 6.49. The number of hydrogen-bond donors (Lipinski definition) is 2. The Morgan fingerprint density at radius 3 is 2.48 bits per heavy atom. The third kappa shape index (κ3) is 8.01. The third-order valence-electron chi connectivity index (χ3n) is 7.42. The van der Waals surface area contributed by atoms with Crippen LogP contribution in [0.25, 0.3) is 22.4 Å². The van der Waals surface area contributed by atoms with Gasteiger partial charge in [0, 0.05) is 24.8 Å². The Kier molecular flexibility index (Phi) is 12.2. The van der Waals surface area contributed by atoms with Gasteiger partial charge >= 0.3 is 5.97 Å². The summed E-state index contributed by atoms with van der Waals surface area (Å²) < 4.78 is 11.5. The van der Waals surface area contributed by atoms with E-state index >= 15 is 0 Å². The molecule has 1 aliphatic rings. The molecule has 0 saturated heterocycles. The molecule has 8 nitrogen and oxygen atoms in total. The Morgan fingerprint density at radius 1 is 1.05 bits per heavy atom. The summed E-state index contributed by atoms with van der Waals surface area (Å²) in [6, 6.07) is 16.8. The number of rotatable bonds is 12. The molecule has 1 heterocycles. The van der Waals surface area contributed by atoms with Crippen LogP contribution in [0.2, 0.25) is 5.02 Å². The van der Waals surface area contributed by atoms with Gasteiger partial charge in [-0.3, -0.25) is 4.79 Å². The molecule has 3 aromatic rings. The first-order valence-electron chi connectivity index (χ1n) is 14.0. The Hall–Kier alpha value is -3.17. The maximum atomic E-state index is 13.5. The van der Waals surface area contributed by atoms with Crippen molar-refractivity contribution in [3.8, 4) is 28.1 Å². The number of benzene rings is 2. The SMILES string of the molecule is COCc1ccccc1-c1ccc(C(=O)NC2(C(=O)O)CCCCC2)nc1-c1ccc(Cl)c(OCCCN(C)C)c1.Cl. The van der Waals surface area contributed by atoms with Crippen molar-refractivity contribution in [2.75, 3.05) is 34.4 Å². The van der Waals surface area contributed by atoms with Crippen molar-refractivity contribution in [2.45, 2.75) is 50.7 Å². The van der Waals surface area contributed by atoms with Crippen molar-refractivity contribution in [1.29, 1.82) is 0 Å². The number of pyridine rings is 1. The van der Waals surface area contributed by atoms with Crippen molar-refractivity contribution in [3.05, 3.63) is 70.9 Å². The number of aliphatic carboxylic acids is 1. The van der Waals surface area contributed by atoms with Crippen molar-refractivity contribution in [2.24, 2.45) is 0 Å². The average molecular weight is 617 g/mol. The lowest BCUT2D eigenvalue weighted by molar-refractivity contribution is -0.145. The van der Waals surface area contributed by atoms with Crippen molar-refractivity contribution >= 4 is 35.9 Å². The highest BCUT2D eigenvalue weighted by atomic mass is 35.5. The highest BCUT2D eigenvalue weighted by Crippen LogP contribution is 2.37. The number of aromatic nitrogens is 1. The predicted molar refractivity (Wildman–Crippen MR) is 168 cm³/mol. The molecule has 1 amide bonds. The first kappa shape index (κ1) is 33.3. The van der Waals surface area contributed by atoms with Crippen molar-refractivity contribution in [1.82, 2.24) is 15.2 Å². The van der Waals surface area contributed by atoms with Crippen LogP contribution in [-0.2, 0) is 16.1 Å². The number of nitrogens with one attached hydrogen (secondary N) is 1. The highest BCUT2D eigenvalue weighted by Gasteiger charge is 2.41. The Balaban J connectivity index is 0.00000484. The monoisotopic (exact) mass is 615 g/mol. The number of carbonyl (C=O) groups is 2. The summed E-state index contributed by atoms with van der Waals surface area (Å²) in [7, 11) is 5.67. The number of amides is 1. The van der Waals surface area contributed by atoms with Gasteiger partial charge in [-0.2, -0.15) is 0 Å². The first-order chi connectivity index (χ1) is 19.7. The number of nitrogens with zero attached hydrogens (tertiary/aromatic N) is 2. The maximum absolute atomic E-state index is 13.5. The van der Waals surface area contributed by atoms with Gasteiger partial charge < -0.3 is 24.8 Å². The number of hydrogen-bond acceptors (Lipinski definition) is 6. The van der Waals surface area contributed by atoms with Gasteiger partial charge in [-0.15, -0.1) is 12.4 Å². The minimum atomic E-state index is -1.28. The fourth-order valence-corrected chi connectivity index (χ4v) is 5.41. The van der Waals surface area contributed by atoms with Crippen LogP contribution in [0.3, 0.4) is 0 Å². The molecule has 4 rings (SSSR count). The number of carbonyl (C=O) groups excluding carboxylic acids is 1. The first-order valence-corrected chi connectivity index (χ1v) is 14.3. The molecule has 2 aromatic carbocycles. The molecule has 10 heteroatoms. The number of ether oxygens (including phenoxy) is 2. The molecule has 1 aromatic heterocycles. The van der Waals surface area contributed by atoms with Crippen LogP contribution in [0, 0.1) is 0 Å². The lowest BCUT2D eigenvalue weighted by atomic mass is 9.81.